The van der Waals surface area contributed by atoms with Crippen LogP contribution >= 0.6 is 68.4 Å². The lowest BCUT2D eigenvalue weighted by atomic mass is 9.85. The van der Waals surface area contributed by atoms with Crippen molar-refractivity contribution in [2.75, 3.05) is 0 Å². The van der Waals surface area contributed by atoms with Crippen LogP contribution in [0.3, 0.4) is 0 Å². The molecule has 0 spiro atoms. The maximum Gasteiger partial charge on any atom is 0.182 e. The number of aryl methyl sites for hydroxylation is 2. The lowest BCUT2D eigenvalue weighted by Gasteiger charge is -2.29. The van der Waals surface area contributed by atoms with Gasteiger partial charge in [0.1, 0.15) is 0 Å². The highest BCUT2D eigenvalue weighted by Gasteiger charge is 2.32. The molecule has 0 nitrogen and oxygen atoms in total. The van der Waals surface area contributed by atoms with E-state index in [0.717, 1.165) is 29.4 Å². The van der Waals surface area contributed by atoms with Gasteiger partial charge in [0.25, 0.3) is 0 Å². The van der Waals surface area contributed by atoms with Gasteiger partial charge in [-0.3, -0.25) is 0 Å². The zero-order chi connectivity index (χ0) is 46.4. The van der Waals surface area contributed by atoms with E-state index in [2.05, 4.69) is 38.3 Å². The Morgan fingerprint density at radius 2 is 0.769 bits per heavy atom. The van der Waals surface area contributed by atoms with E-state index >= 15 is 0 Å². The number of hydrogen-bond donors (Lipinski definition) is 0. The summed E-state index contributed by atoms with van der Waals surface area (Å²) in [6.07, 6.45) is -4.22. The molecule has 0 atom stereocenters. The fourth-order valence-corrected chi connectivity index (χ4v) is 26.6. The zero-order valence-electron chi connectivity index (χ0n) is 40.8. The second-order valence-corrected chi connectivity index (χ2v) is 39.9. The summed E-state index contributed by atoms with van der Waals surface area (Å²) in [5.74, 6) is 0. The van der Waals surface area contributed by atoms with Gasteiger partial charge >= 0.3 is 0 Å². The van der Waals surface area contributed by atoms with Gasteiger partial charge in [-0.2, -0.15) is 0 Å². The molecule has 0 fully saturated rings. The monoisotopic (exact) mass is 830 g/mol. The summed E-state index contributed by atoms with van der Waals surface area (Å²) in [4.78, 5) is 7.31. The number of hydrogen-bond acceptors (Lipinski definition) is 6. The van der Waals surface area contributed by atoms with Gasteiger partial charge in [-0.15, -0.1) is 44.8 Å². The highest BCUT2D eigenvalue weighted by Crippen LogP contribution is 2.56. The SMILES string of the molecule is [2H]C([2H])([2H])c1ccc(-c2ccc(C([2H])([2H])[2H])c(-c3cccc4c3Sc3ccccc3S[Si](C)(C)S4)c2C([2H])([2H])[2H])c(C([2H])([2H])[2H])c1-c1cccc2c1Sc1ccccc1S[Si](C)(C)S2. The van der Waals surface area contributed by atoms with Gasteiger partial charge in [0, 0.05) is 55.6 Å². The van der Waals surface area contributed by atoms with E-state index in [9.17, 15) is 8.22 Å². The molecule has 0 unspecified atom stereocenters. The van der Waals surface area contributed by atoms with E-state index in [1.165, 1.54) is 47.8 Å². The molecule has 8 rings (SSSR count). The first-order valence-electron chi connectivity index (χ1n) is 22.7. The molecule has 0 aliphatic carbocycles. The number of fused-ring (bicyclic) bond motifs is 4. The van der Waals surface area contributed by atoms with E-state index in [1.807, 2.05) is 83.1 Å². The summed E-state index contributed by atoms with van der Waals surface area (Å²) >= 11 is 10.1. The first-order chi connectivity index (χ1) is 29.7. The predicted octanol–water partition coefficient (Wildman–Crippen LogP) is 16.0. The predicted molar refractivity (Wildman–Crippen MR) is 241 cm³/mol. The molecule has 0 N–H and O–H groups in total. The largest absolute Gasteiger partial charge is 0.182 e. The molecule has 262 valence electrons. The average Bonchev–Trinajstić information content (AvgIpc) is 3.16. The molecular weight excluding hydrogens is 777 g/mol. The Morgan fingerprint density at radius 3 is 1.17 bits per heavy atom. The van der Waals surface area contributed by atoms with Crippen molar-refractivity contribution in [2.24, 2.45) is 0 Å². The van der Waals surface area contributed by atoms with Crippen molar-refractivity contribution in [2.45, 2.75) is 92.8 Å². The fraction of sp³-hybridized carbons (Fsp3) is 0.182. The maximum absolute atomic E-state index is 9.22. The van der Waals surface area contributed by atoms with Gasteiger partial charge in [-0.05, 0) is 119 Å². The van der Waals surface area contributed by atoms with Crippen molar-refractivity contribution in [3.63, 3.8) is 0 Å². The van der Waals surface area contributed by atoms with Crippen LogP contribution in [0.5, 0.6) is 0 Å². The van der Waals surface area contributed by atoms with Crippen LogP contribution < -0.4 is 0 Å². The van der Waals surface area contributed by atoms with E-state index in [-0.39, 0.29) is 44.5 Å². The Hall–Kier alpha value is -2.15. The Morgan fingerprint density at radius 1 is 0.385 bits per heavy atom. The minimum Gasteiger partial charge on any atom is -0.137 e. The normalized spacial score (nSPS) is 20.3. The highest BCUT2D eigenvalue weighted by molar-refractivity contribution is 8.58. The molecule has 0 radical (unpaired) electrons. The summed E-state index contributed by atoms with van der Waals surface area (Å²) in [5, 5.41) is 0. The molecule has 8 heteroatoms. The minimum atomic E-state index is -2.98. The summed E-state index contributed by atoms with van der Waals surface area (Å²) in [5.41, 5.74) is -0.193. The van der Waals surface area contributed by atoms with E-state index in [1.54, 1.807) is 34.6 Å². The highest BCUT2D eigenvalue weighted by atomic mass is 32.6. The molecular formula is C44H42S6Si2. The van der Waals surface area contributed by atoms with Crippen LogP contribution in [0, 0.1) is 27.4 Å². The third-order valence-electron chi connectivity index (χ3n) is 8.74. The van der Waals surface area contributed by atoms with Gasteiger partial charge < -0.3 is 0 Å². The number of rotatable bonds is 3. The molecule has 0 saturated carbocycles. The maximum atomic E-state index is 9.22. The van der Waals surface area contributed by atoms with Crippen molar-refractivity contribution in [3.05, 3.63) is 131 Å². The Balaban J connectivity index is 1.49. The van der Waals surface area contributed by atoms with Crippen LogP contribution in [0.1, 0.15) is 38.7 Å². The molecule has 2 aliphatic rings. The van der Waals surface area contributed by atoms with Gasteiger partial charge in [-0.25, -0.2) is 0 Å². The summed E-state index contributed by atoms with van der Waals surface area (Å²) in [6, 6.07) is 32.7. The third kappa shape index (κ3) is 7.08. The lowest BCUT2D eigenvalue weighted by Crippen LogP contribution is -2.16. The Labute approximate surface area is 353 Å². The second-order valence-electron chi connectivity index (χ2n) is 13.4. The quantitative estimate of drug-likeness (QED) is 0.162. The standard InChI is InChI=1S/C44H42S6Si2/c1-27-23-25-31(29(3)41(27)33-15-13-21-39-43(33)45-35-17-9-11-19-37(35)47-51(5,6)49-39)32-26-24-28(2)42(30(32)4)34-16-14-22-40-44(34)46-36-18-10-12-20-38(36)48-52(7,8)50-40/h9-26H,1-8H3/i1D3,2D3,3D3,4D3. The molecule has 0 aromatic heterocycles. The van der Waals surface area contributed by atoms with Crippen molar-refractivity contribution < 1.29 is 16.4 Å². The second kappa shape index (κ2) is 14.5. The zero-order valence-corrected chi connectivity index (χ0v) is 35.7. The summed E-state index contributed by atoms with van der Waals surface area (Å²) in [7, 11) is 0. The van der Waals surface area contributed by atoms with Crippen molar-refractivity contribution >= 4 is 81.1 Å². The first-order valence-corrected chi connectivity index (χ1v) is 30.5. The molecule has 0 amide bonds. The average molecular weight is 831 g/mol. The molecule has 2 aliphatic heterocycles. The number of benzene rings is 6. The Kier molecular flexibility index (Phi) is 7.00. The van der Waals surface area contributed by atoms with Crippen LogP contribution in [0.4, 0.5) is 0 Å². The molecule has 6 aromatic rings. The van der Waals surface area contributed by atoms with E-state index in [0.29, 0.717) is 20.9 Å². The molecule has 52 heavy (non-hydrogen) atoms. The van der Waals surface area contributed by atoms with E-state index in [4.69, 9.17) is 8.22 Å². The fourth-order valence-electron chi connectivity index (χ4n) is 6.57. The first kappa shape index (κ1) is 25.1. The molecule has 2 heterocycles. The van der Waals surface area contributed by atoms with Crippen LogP contribution in [-0.4, -0.2) is 12.7 Å². The molecule has 6 aromatic carbocycles. The summed E-state index contributed by atoms with van der Waals surface area (Å²) < 4.78 is 108. The van der Waals surface area contributed by atoms with Gasteiger partial charge in [0.05, 0.1) is 0 Å². The Bertz CT molecular complexity index is 2630. The molecule has 0 saturated heterocycles. The van der Waals surface area contributed by atoms with Gasteiger partial charge in [0.15, 0.2) is 12.7 Å². The van der Waals surface area contributed by atoms with Crippen LogP contribution in [-0.2, 0) is 0 Å². The van der Waals surface area contributed by atoms with Gasteiger partial charge in [0.2, 0.25) is 0 Å². The van der Waals surface area contributed by atoms with Crippen molar-refractivity contribution in [1.82, 2.24) is 0 Å². The van der Waals surface area contributed by atoms with Crippen molar-refractivity contribution in [3.8, 4) is 33.4 Å². The van der Waals surface area contributed by atoms with E-state index < -0.39 is 40.2 Å². The van der Waals surface area contributed by atoms with Crippen LogP contribution in [0.2, 0.25) is 26.2 Å². The van der Waals surface area contributed by atoms with Gasteiger partial charge in [-0.1, -0.05) is 123 Å². The summed E-state index contributed by atoms with van der Waals surface area (Å²) in [6.45, 7) is -2.52. The van der Waals surface area contributed by atoms with Crippen LogP contribution in [0.25, 0.3) is 33.4 Å². The molecule has 0 bridgehead atoms. The van der Waals surface area contributed by atoms with Crippen LogP contribution in [0.15, 0.2) is 148 Å². The smallest absolute Gasteiger partial charge is 0.137 e. The van der Waals surface area contributed by atoms with Crippen molar-refractivity contribution in [1.29, 1.82) is 0 Å². The minimum absolute atomic E-state index is 0.00429. The third-order valence-corrected chi connectivity index (χ3v) is 27.5. The lowest BCUT2D eigenvalue weighted by molar-refractivity contribution is 1.20. The topological polar surface area (TPSA) is 0 Å².